The molecule has 4 N–H and O–H groups in total. The summed E-state index contributed by atoms with van der Waals surface area (Å²) in [6.45, 7) is 12.0. The molecule has 3 aliphatic heterocycles. The Morgan fingerprint density at radius 3 is 1.82 bits per heavy atom. The Morgan fingerprint density at radius 2 is 1.27 bits per heavy atom. The van der Waals surface area contributed by atoms with E-state index >= 15 is 32.8 Å². The molecule has 572 valence electrons. The van der Waals surface area contributed by atoms with Crippen molar-refractivity contribution in [1.82, 2.24) is 55.6 Å². The van der Waals surface area contributed by atoms with E-state index in [2.05, 4.69) is 21.3 Å². The molecule has 0 aromatic heterocycles. The standard InChI is InChI=1S/C72H101F8N11O12/c1-13-41(6)59-63(96)81-43(8)64(97)90-31-28-52(90)67(100)89(14-2)55(36-44-22-25-47(26-23-44)71(75,76)77)66(99)85(9)39-56(92)82-51(27-24-45-34-49(73)58(50(74)35-45)72(78,79)80)65(98)91-38-48(103-15-3)37-54(91)62(95)84-70(29-18-19-30-70)69(102)88(12)60(46-20-16-17-21-46)68(101)86(10)42(7)33-57(93)87(11)53(32-40(4)5)61(94)83-59/h22-23,25-26,34-35,40-43,46,48,51-55,59-60H,13-21,24,27-33,36-39H2,1-12H3,(H,81,96)(H,82,92)(H,83,94)(H,84,95)/t41-,42+,43-,48+,51-,52-,53-,54-,55-,59-,60-/m0/s1. The van der Waals surface area contributed by atoms with Crippen LogP contribution in [0.25, 0.3) is 0 Å². The van der Waals surface area contributed by atoms with Crippen molar-refractivity contribution in [1.29, 1.82) is 0 Å². The maximum atomic E-state index is 15.5. The number of ether oxygens (including phenoxy) is 1. The van der Waals surface area contributed by atoms with E-state index in [1.807, 2.05) is 13.8 Å². The quantitative estimate of drug-likeness (QED) is 0.156. The van der Waals surface area contributed by atoms with E-state index in [1.54, 1.807) is 27.7 Å². The van der Waals surface area contributed by atoms with Gasteiger partial charge in [-0.05, 0) is 132 Å². The predicted octanol–water partition coefficient (Wildman–Crippen LogP) is 6.55. The van der Waals surface area contributed by atoms with E-state index in [1.165, 1.54) is 54.6 Å². The van der Waals surface area contributed by atoms with Gasteiger partial charge in [-0.3, -0.25) is 52.7 Å². The van der Waals surface area contributed by atoms with E-state index in [-0.39, 0.29) is 87.7 Å². The Balaban J connectivity index is 1.31. The molecule has 0 unspecified atom stereocenters. The van der Waals surface area contributed by atoms with Gasteiger partial charge in [-0.15, -0.1) is 0 Å². The predicted molar refractivity (Wildman–Crippen MR) is 361 cm³/mol. The number of aryl methyl sites for hydroxylation is 1. The fourth-order valence-corrected chi connectivity index (χ4v) is 15.0. The number of carbonyl (C=O) groups is 11. The number of likely N-dealkylation sites (N-methyl/N-ethyl adjacent to an activating group) is 5. The van der Waals surface area contributed by atoms with Gasteiger partial charge in [0, 0.05) is 79.7 Å². The molecule has 3 saturated heterocycles. The van der Waals surface area contributed by atoms with Crippen molar-refractivity contribution in [2.45, 2.75) is 236 Å². The highest BCUT2D eigenvalue weighted by atomic mass is 19.4. The lowest BCUT2D eigenvalue weighted by Crippen LogP contribution is -2.65. The van der Waals surface area contributed by atoms with Crippen molar-refractivity contribution in [2.24, 2.45) is 17.8 Å². The van der Waals surface area contributed by atoms with Gasteiger partial charge in [0.15, 0.2) is 0 Å². The molecule has 2 aromatic rings. The Bertz CT molecular complexity index is 3400. The zero-order chi connectivity index (χ0) is 76.5. The number of alkyl halides is 6. The van der Waals surface area contributed by atoms with Crippen LogP contribution in [0.3, 0.4) is 0 Å². The van der Waals surface area contributed by atoms with Crippen LogP contribution >= 0.6 is 0 Å². The zero-order valence-corrected chi connectivity index (χ0v) is 60.9. The molecule has 7 rings (SSSR count). The monoisotopic (exact) mass is 1460 g/mol. The van der Waals surface area contributed by atoms with E-state index in [0.717, 1.165) is 58.9 Å². The Kier molecular flexibility index (Phi) is 27.8. The third-order valence-corrected chi connectivity index (χ3v) is 21.3. The third-order valence-electron chi connectivity index (χ3n) is 21.3. The van der Waals surface area contributed by atoms with Crippen LogP contribution in [-0.4, -0.2) is 226 Å². The van der Waals surface area contributed by atoms with Gasteiger partial charge >= 0.3 is 12.4 Å². The normalized spacial score (nSPS) is 27.1. The van der Waals surface area contributed by atoms with Crippen LogP contribution < -0.4 is 21.3 Å². The minimum absolute atomic E-state index is 0.00763. The topological polar surface area (TPSA) is 268 Å². The highest BCUT2D eigenvalue weighted by Crippen LogP contribution is 2.39. The minimum atomic E-state index is -5.44. The van der Waals surface area contributed by atoms with Gasteiger partial charge in [0.2, 0.25) is 65.0 Å². The fraction of sp³-hybridized carbons (Fsp3) is 0.681. The summed E-state index contributed by atoms with van der Waals surface area (Å²) in [7, 11) is 5.59. The van der Waals surface area contributed by atoms with Gasteiger partial charge in [0.05, 0.1) is 18.2 Å². The second kappa shape index (κ2) is 34.7. The molecule has 11 atom stereocenters. The molecule has 2 aromatic carbocycles. The summed E-state index contributed by atoms with van der Waals surface area (Å²) in [6.07, 6.45) is -8.91. The average Bonchev–Trinajstić information content (AvgIpc) is 1.77. The smallest absolute Gasteiger partial charge is 0.377 e. The number of hydrogen-bond donors (Lipinski definition) is 4. The molecule has 0 radical (unpaired) electrons. The number of nitrogens with zero attached hydrogens (tertiary/aromatic N) is 7. The molecule has 2 aliphatic carbocycles. The van der Waals surface area contributed by atoms with Crippen molar-refractivity contribution in [3.63, 3.8) is 0 Å². The van der Waals surface area contributed by atoms with Gasteiger partial charge in [-0.1, -0.05) is 71.9 Å². The highest BCUT2D eigenvalue weighted by molar-refractivity contribution is 6.00. The van der Waals surface area contributed by atoms with E-state index in [0.29, 0.717) is 44.2 Å². The Hall–Kier alpha value is -7.99. The van der Waals surface area contributed by atoms with Crippen LogP contribution in [-0.2, 0) is 82.7 Å². The first-order valence-corrected chi connectivity index (χ1v) is 35.8. The first kappa shape index (κ1) is 82.3. The summed E-state index contributed by atoms with van der Waals surface area (Å²) in [5, 5.41) is 11.0. The van der Waals surface area contributed by atoms with Crippen LogP contribution in [0.2, 0.25) is 0 Å². The summed E-state index contributed by atoms with van der Waals surface area (Å²) in [6, 6.07) is -7.23. The lowest BCUT2D eigenvalue weighted by atomic mass is 9.90. The first-order chi connectivity index (χ1) is 48.3. The fourth-order valence-electron chi connectivity index (χ4n) is 15.0. The lowest BCUT2D eigenvalue weighted by Gasteiger charge is -2.45. The SMILES string of the molecule is CCO[C@@H]1C[C@H]2C(=O)NC3(CCCC3)C(=O)N(C)[C@@H](C3CCCC3)C(=O)N(C)[C@H](C)CC(=O)N(C)[C@@H](CC(C)C)C(=O)N[C@@H]([C@@H](C)CC)C(=O)N[C@@H](C)C(=O)N3CC[C@H]3C(=O)N(CC)[C@@H](Cc3ccc(C(F)(F)F)cc3)C(=O)N(C)CC(=O)N[C@@H](CCc3cc(F)c(C(F)(F)F)c(F)c3)C(=O)N2C1. The number of amides is 11. The van der Waals surface area contributed by atoms with Crippen molar-refractivity contribution in [3.8, 4) is 0 Å². The summed E-state index contributed by atoms with van der Waals surface area (Å²) < 4.78 is 119. The van der Waals surface area contributed by atoms with Crippen molar-refractivity contribution < 1.29 is 92.6 Å². The molecule has 23 nitrogen and oxygen atoms in total. The Morgan fingerprint density at radius 1 is 0.650 bits per heavy atom. The van der Waals surface area contributed by atoms with E-state index < -0.39 is 198 Å². The van der Waals surface area contributed by atoms with Gasteiger partial charge in [0.25, 0.3) is 0 Å². The van der Waals surface area contributed by atoms with Gasteiger partial charge in [-0.2, -0.15) is 26.3 Å². The number of rotatable bonds is 13. The van der Waals surface area contributed by atoms with Crippen LogP contribution in [0.15, 0.2) is 36.4 Å². The van der Waals surface area contributed by atoms with Crippen LogP contribution in [0, 0.1) is 29.4 Å². The minimum Gasteiger partial charge on any atom is -0.377 e. The van der Waals surface area contributed by atoms with Gasteiger partial charge < -0.3 is 60.3 Å². The maximum Gasteiger partial charge on any atom is 0.422 e. The third kappa shape index (κ3) is 19.5. The largest absolute Gasteiger partial charge is 0.422 e. The molecule has 2 saturated carbocycles. The molecule has 1 spiro atoms. The van der Waals surface area contributed by atoms with Gasteiger partial charge in [-0.25, -0.2) is 8.78 Å². The van der Waals surface area contributed by atoms with Crippen molar-refractivity contribution in [2.75, 3.05) is 61.0 Å². The molecular formula is C72H101F8N11O12. The first-order valence-electron chi connectivity index (χ1n) is 35.8. The summed E-state index contributed by atoms with van der Waals surface area (Å²) in [5.41, 5.74) is -5.12. The molecule has 0 bridgehead atoms. The molecular weight excluding hydrogens is 1360 g/mol. The van der Waals surface area contributed by atoms with Crippen LogP contribution in [0.5, 0.6) is 0 Å². The second-order valence-corrected chi connectivity index (χ2v) is 28.9. The highest BCUT2D eigenvalue weighted by Gasteiger charge is 2.53. The molecule has 5 aliphatic rings. The van der Waals surface area contributed by atoms with Crippen LogP contribution in [0.4, 0.5) is 35.1 Å². The molecule has 31 heteroatoms. The maximum absolute atomic E-state index is 15.5. The zero-order valence-electron chi connectivity index (χ0n) is 60.9. The lowest BCUT2D eigenvalue weighted by molar-refractivity contribution is -0.158. The van der Waals surface area contributed by atoms with Crippen LogP contribution in [0.1, 0.15) is 168 Å². The van der Waals surface area contributed by atoms with E-state index in [9.17, 15) is 55.1 Å². The molecule has 103 heavy (non-hydrogen) atoms. The number of carbonyl (C=O) groups excluding carboxylic acids is 11. The van der Waals surface area contributed by atoms with Gasteiger partial charge in [0.1, 0.15) is 71.1 Å². The molecule has 11 amide bonds. The Labute approximate surface area is 596 Å². The average molecular weight is 1460 g/mol. The number of fused-ring (bicyclic) bond motifs is 2. The molecule has 3 heterocycles. The summed E-state index contributed by atoms with van der Waals surface area (Å²) in [5.74, 6) is -13.5. The van der Waals surface area contributed by atoms with Crippen molar-refractivity contribution >= 4 is 65.0 Å². The number of nitrogens with one attached hydrogen (secondary N) is 4. The van der Waals surface area contributed by atoms with Crippen molar-refractivity contribution in [3.05, 3.63) is 70.3 Å². The second-order valence-electron chi connectivity index (χ2n) is 28.9. The summed E-state index contributed by atoms with van der Waals surface area (Å²) in [4.78, 5) is 172. The number of benzene rings is 2. The van der Waals surface area contributed by atoms with E-state index in [4.69, 9.17) is 4.74 Å². The summed E-state index contributed by atoms with van der Waals surface area (Å²) >= 11 is 0. The number of halogens is 8. The number of hydrogen-bond acceptors (Lipinski definition) is 12. The molecule has 5 fully saturated rings.